The van der Waals surface area contributed by atoms with Crippen molar-refractivity contribution in [2.45, 2.75) is 39.0 Å². The number of aromatic nitrogens is 5. The standard InChI is InChI=1S/C18H25N7O/c1-18(2,3)13-12-16(24(4)23-13)20-17(26)19-10-7-9-15-22-21-14-8-5-6-11-25(14)15/h5-6,8,11-12H,7,9-10H2,1-4H3,(H2,19,20,26). The first-order chi connectivity index (χ1) is 12.3. The zero-order valence-corrected chi connectivity index (χ0v) is 15.7. The van der Waals surface area contributed by atoms with E-state index in [1.54, 1.807) is 4.68 Å². The van der Waals surface area contributed by atoms with Crippen LogP contribution in [0.2, 0.25) is 0 Å². The van der Waals surface area contributed by atoms with E-state index in [2.05, 4.69) is 46.7 Å². The van der Waals surface area contributed by atoms with Gasteiger partial charge in [-0.05, 0) is 18.6 Å². The molecule has 2 amide bonds. The summed E-state index contributed by atoms with van der Waals surface area (Å²) in [5.74, 6) is 1.57. The highest BCUT2D eigenvalue weighted by Gasteiger charge is 2.19. The van der Waals surface area contributed by atoms with E-state index < -0.39 is 0 Å². The molecule has 0 saturated heterocycles. The Morgan fingerprint density at radius 3 is 2.77 bits per heavy atom. The van der Waals surface area contributed by atoms with E-state index in [-0.39, 0.29) is 11.4 Å². The number of urea groups is 1. The number of anilines is 1. The molecule has 26 heavy (non-hydrogen) atoms. The van der Waals surface area contributed by atoms with Crippen molar-refractivity contribution in [3.05, 3.63) is 42.0 Å². The molecule has 0 aliphatic heterocycles. The minimum atomic E-state index is -0.237. The average molecular weight is 355 g/mol. The molecule has 0 aliphatic rings. The fraction of sp³-hybridized carbons (Fsp3) is 0.444. The zero-order chi connectivity index (χ0) is 18.7. The second kappa shape index (κ2) is 7.15. The molecule has 8 nitrogen and oxygen atoms in total. The van der Waals surface area contributed by atoms with Crippen molar-refractivity contribution in [3.8, 4) is 0 Å². The van der Waals surface area contributed by atoms with Gasteiger partial charge in [0.1, 0.15) is 11.6 Å². The van der Waals surface area contributed by atoms with Gasteiger partial charge in [0.15, 0.2) is 5.65 Å². The van der Waals surface area contributed by atoms with Gasteiger partial charge in [-0.1, -0.05) is 26.8 Å². The summed E-state index contributed by atoms with van der Waals surface area (Å²) in [4.78, 5) is 12.1. The first-order valence-electron chi connectivity index (χ1n) is 8.72. The normalized spacial score (nSPS) is 11.7. The summed E-state index contributed by atoms with van der Waals surface area (Å²) in [5, 5.41) is 18.5. The van der Waals surface area contributed by atoms with Gasteiger partial charge in [-0.15, -0.1) is 10.2 Å². The summed E-state index contributed by atoms with van der Waals surface area (Å²) in [5.41, 5.74) is 1.71. The van der Waals surface area contributed by atoms with Crippen molar-refractivity contribution in [2.75, 3.05) is 11.9 Å². The molecule has 0 fully saturated rings. The molecule has 3 rings (SSSR count). The number of amides is 2. The smallest absolute Gasteiger partial charge is 0.320 e. The van der Waals surface area contributed by atoms with Crippen LogP contribution in [0.3, 0.4) is 0 Å². The van der Waals surface area contributed by atoms with Crippen LogP contribution in [0.4, 0.5) is 10.6 Å². The van der Waals surface area contributed by atoms with Gasteiger partial charge >= 0.3 is 6.03 Å². The maximum Gasteiger partial charge on any atom is 0.320 e. The molecular weight excluding hydrogens is 330 g/mol. The van der Waals surface area contributed by atoms with Crippen LogP contribution in [0.25, 0.3) is 5.65 Å². The predicted molar refractivity (Wildman–Crippen MR) is 100 cm³/mol. The highest BCUT2D eigenvalue weighted by Crippen LogP contribution is 2.23. The van der Waals surface area contributed by atoms with Gasteiger partial charge in [0.25, 0.3) is 0 Å². The molecule has 3 aromatic rings. The van der Waals surface area contributed by atoms with E-state index >= 15 is 0 Å². The summed E-state index contributed by atoms with van der Waals surface area (Å²) in [6.07, 6.45) is 3.47. The fourth-order valence-corrected chi connectivity index (χ4v) is 2.62. The molecule has 0 aliphatic carbocycles. The van der Waals surface area contributed by atoms with Crippen molar-refractivity contribution in [1.29, 1.82) is 0 Å². The number of pyridine rings is 1. The lowest BCUT2D eigenvalue weighted by Crippen LogP contribution is -2.30. The molecule has 0 bridgehead atoms. The SMILES string of the molecule is Cn1nc(C(C)(C)C)cc1NC(=O)NCCCc1nnc2ccccn12. The van der Waals surface area contributed by atoms with Gasteiger partial charge in [-0.2, -0.15) is 5.10 Å². The number of rotatable bonds is 5. The van der Waals surface area contributed by atoms with Crippen LogP contribution in [0, 0.1) is 0 Å². The maximum atomic E-state index is 12.1. The second-order valence-corrected chi connectivity index (χ2v) is 7.32. The third kappa shape index (κ3) is 4.01. The van der Waals surface area contributed by atoms with Crippen molar-refractivity contribution in [3.63, 3.8) is 0 Å². The van der Waals surface area contributed by atoms with Crippen LogP contribution in [0.5, 0.6) is 0 Å². The van der Waals surface area contributed by atoms with Gasteiger partial charge in [0.2, 0.25) is 0 Å². The molecule has 0 unspecified atom stereocenters. The molecule has 2 N–H and O–H groups in total. The fourth-order valence-electron chi connectivity index (χ4n) is 2.62. The van der Waals surface area contributed by atoms with Crippen molar-refractivity contribution < 1.29 is 4.79 Å². The molecular formula is C18H25N7O. The predicted octanol–water partition coefficient (Wildman–Crippen LogP) is 2.51. The number of hydrogen-bond acceptors (Lipinski definition) is 4. The number of fused-ring (bicyclic) bond motifs is 1. The summed E-state index contributed by atoms with van der Waals surface area (Å²) in [6, 6.07) is 7.47. The summed E-state index contributed by atoms with van der Waals surface area (Å²) in [7, 11) is 1.82. The van der Waals surface area contributed by atoms with E-state index in [0.717, 1.165) is 30.0 Å². The Hall–Kier alpha value is -2.90. The van der Waals surface area contributed by atoms with Gasteiger partial charge in [0, 0.05) is 37.7 Å². The lowest BCUT2D eigenvalue weighted by molar-refractivity contribution is 0.251. The van der Waals surface area contributed by atoms with Gasteiger partial charge in [0.05, 0.1) is 5.69 Å². The topological polar surface area (TPSA) is 89.1 Å². The first kappa shape index (κ1) is 17.9. The molecule has 0 saturated carbocycles. The van der Waals surface area contributed by atoms with Crippen LogP contribution < -0.4 is 10.6 Å². The van der Waals surface area contributed by atoms with Gasteiger partial charge in [-0.25, -0.2) is 4.79 Å². The number of carbonyl (C=O) groups excluding carboxylic acids is 1. The number of aryl methyl sites for hydroxylation is 2. The Morgan fingerprint density at radius 2 is 2.04 bits per heavy atom. The number of carbonyl (C=O) groups is 1. The lowest BCUT2D eigenvalue weighted by atomic mass is 9.92. The molecule has 0 radical (unpaired) electrons. The van der Waals surface area contributed by atoms with Crippen molar-refractivity contribution in [2.24, 2.45) is 7.05 Å². The Labute approximate surface area is 152 Å². The highest BCUT2D eigenvalue weighted by molar-refractivity contribution is 5.88. The summed E-state index contributed by atoms with van der Waals surface area (Å²) >= 11 is 0. The molecule has 138 valence electrons. The van der Waals surface area contributed by atoms with Crippen LogP contribution in [-0.2, 0) is 18.9 Å². The van der Waals surface area contributed by atoms with E-state index in [4.69, 9.17) is 0 Å². The average Bonchev–Trinajstić information content (AvgIpc) is 3.16. The number of hydrogen-bond donors (Lipinski definition) is 2. The zero-order valence-electron chi connectivity index (χ0n) is 15.7. The Morgan fingerprint density at radius 1 is 1.23 bits per heavy atom. The number of nitrogens with one attached hydrogen (secondary N) is 2. The van der Waals surface area contributed by atoms with Crippen LogP contribution >= 0.6 is 0 Å². The third-order valence-electron chi connectivity index (χ3n) is 4.14. The first-order valence-corrected chi connectivity index (χ1v) is 8.72. The second-order valence-electron chi connectivity index (χ2n) is 7.32. The molecule has 8 heteroatoms. The Balaban J connectivity index is 1.48. The maximum absolute atomic E-state index is 12.1. The minimum absolute atomic E-state index is 0.0603. The molecule has 0 spiro atoms. The number of nitrogens with zero attached hydrogens (tertiary/aromatic N) is 5. The third-order valence-corrected chi connectivity index (χ3v) is 4.14. The van der Waals surface area contributed by atoms with Gasteiger partial charge < -0.3 is 5.32 Å². The van der Waals surface area contributed by atoms with Gasteiger partial charge in [-0.3, -0.25) is 14.4 Å². The summed E-state index contributed by atoms with van der Waals surface area (Å²) in [6.45, 7) is 6.83. The largest absolute Gasteiger partial charge is 0.338 e. The van der Waals surface area contributed by atoms with E-state index in [1.807, 2.05) is 41.9 Å². The molecule has 0 atom stereocenters. The van der Waals surface area contributed by atoms with Crippen molar-refractivity contribution in [1.82, 2.24) is 29.7 Å². The van der Waals surface area contributed by atoms with E-state index in [9.17, 15) is 4.79 Å². The highest BCUT2D eigenvalue weighted by atomic mass is 16.2. The van der Waals surface area contributed by atoms with E-state index in [0.29, 0.717) is 12.4 Å². The monoisotopic (exact) mass is 355 g/mol. The minimum Gasteiger partial charge on any atom is -0.338 e. The quantitative estimate of drug-likeness (QED) is 0.688. The van der Waals surface area contributed by atoms with Crippen LogP contribution in [0.1, 0.15) is 38.7 Å². The lowest BCUT2D eigenvalue weighted by Gasteiger charge is -2.13. The van der Waals surface area contributed by atoms with Crippen molar-refractivity contribution >= 4 is 17.5 Å². The van der Waals surface area contributed by atoms with E-state index in [1.165, 1.54) is 0 Å². The molecule has 3 heterocycles. The van der Waals surface area contributed by atoms with Crippen LogP contribution in [0.15, 0.2) is 30.5 Å². The summed E-state index contributed by atoms with van der Waals surface area (Å²) < 4.78 is 3.65. The molecule has 3 aromatic heterocycles. The van der Waals surface area contributed by atoms with Crippen LogP contribution in [-0.4, -0.2) is 37.0 Å². The molecule has 0 aromatic carbocycles. The Kier molecular flexibility index (Phi) is 4.92. The Bertz CT molecular complexity index is 904.